The molecule has 2 aromatic rings. The van der Waals surface area contributed by atoms with Crippen molar-refractivity contribution in [3.63, 3.8) is 0 Å². The summed E-state index contributed by atoms with van der Waals surface area (Å²) in [6.07, 6.45) is 1.58. The number of carbonyl (C=O) groups excluding carboxylic acids is 3. The van der Waals surface area contributed by atoms with Crippen LogP contribution in [-0.4, -0.2) is 75.5 Å². The van der Waals surface area contributed by atoms with Crippen molar-refractivity contribution >= 4 is 27.7 Å². The average Bonchev–Trinajstić information content (AvgIpc) is 3.00. The van der Waals surface area contributed by atoms with E-state index >= 15 is 0 Å². The predicted molar refractivity (Wildman–Crippen MR) is 188 cm³/mol. The molecule has 0 heterocycles. The van der Waals surface area contributed by atoms with Crippen LogP contribution in [0, 0.1) is 24.2 Å². The van der Waals surface area contributed by atoms with E-state index in [1.807, 2.05) is 67.5 Å². The van der Waals surface area contributed by atoms with E-state index in [4.69, 9.17) is 9.84 Å². The second kappa shape index (κ2) is 16.6. The van der Waals surface area contributed by atoms with Crippen molar-refractivity contribution in [1.82, 2.24) is 20.3 Å². The van der Waals surface area contributed by atoms with E-state index in [9.17, 15) is 22.8 Å². The van der Waals surface area contributed by atoms with Gasteiger partial charge < -0.3 is 25.4 Å². The van der Waals surface area contributed by atoms with E-state index in [2.05, 4.69) is 15.4 Å². The van der Waals surface area contributed by atoms with Crippen LogP contribution in [0.2, 0.25) is 0 Å². The van der Waals surface area contributed by atoms with Crippen molar-refractivity contribution in [2.75, 3.05) is 27.3 Å². The monoisotopic (exact) mass is 686 g/mol. The van der Waals surface area contributed by atoms with E-state index in [0.717, 1.165) is 11.1 Å². The average molecular weight is 687 g/mol. The van der Waals surface area contributed by atoms with Crippen LogP contribution in [0.25, 0.3) is 0 Å². The lowest BCUT2D eigenvalue weighted by Crippen LogP contribution is -2.60. The van der Waals surface area contributed by atoms with Crippen molar-refractivity contribution in [3.05, 3.63) is 71.4 Å². The number of benzene rings is 2. The summed E-state index contributed by atoms with van der Waals surface area (Å²) >= 11 is 0. The molecule has 0 aliphatic rings. The third-order valence-electron chi connectivity index (χ3n) is 8.34. The summed E-state index contributed by atoms with van der Waals surface area (Å²) in [5, 5.41) is 15.1. The normalized spacial score (nSPS) is 14.6. The number of likely N-dealkylation sites (N-methyl/N-ethyl adjacent to an activating group) is 2. The standard InChI is InChI=1S/C36H54N4O7S/c1-23(2)29(22-25(4)32(42)39-48(45,46)28-18-12-24(3)13-19-28)40(11)34(44)31(35(5,6)7)38-33(43)30(37-10)36(8,9)26-14-16-27(17-15-26)47-21-20-41/h12-19,22-23,25,30-31,37,41H,20-21H2,1-11H3,(H,38,43)(H,39,42)/b29-22+. The minimum atomic E-state index is -4.09. The zero-order valence-corrected chi connectivity index (χ0v) is 31.0. The highest BCUT2D eigenvalue weighted by atomic mass is 32.2. The topological polar surface area (TPSA) is 154 Å². The lowest BCUT2D eigenvalue weighted by atomic mass is 9.76. The summed E-state index contributed by atoms with van der Waals surface area (Å²) in [6.45, 7) is 16.7. The molecule has 4 N–H and O–H groups in total. The summed E-state index contributed by atoms with van der Waals surface area (Å²) in [6, 6.07) is 11.8. The highest BCUT2D eigenvalue weighted by Crippen LogP contribution is 2.30. The Bertz CT molecular complexity index is 1540. The van der Waals surface area contributed by atoms with Gasteiger partial charge in [-0.05, 0) is 62.1 Å². The minimum Gasteiger partial charge on any atom is -0.491 e. The Labute approximate surface area is 286 Å². The van der Waals surface area contributed by atoms with Crippen molar-refractivity contribution in [1.29, 1.82) is 0 Å². The number of carbonyl (C=O) groups is 3. The van der Waals surface area contributed by atoms with E-state index in [0.29, 0.717) is 11.4 Å². The van der Waals surface area contributed by atoms with Gasteiger partial charge in [0.25, 0.3) is 10.0 Å². The summed E-state index contributed by atoms with van der Waals surface area (Å²) < 4.78 is 33.3. The third-order valence-corrected chi connectivity index (χ3v) is 9.70. The zero-order valence-electron chi connectivity index (χ0n) is 30.2. The van der Waals surface area contributed by atoms with Crippen LogP contribution < -0.4 is 20.1 Å². The van der Waals surface area contributed by atoms with E-state index in [1.165, 1.54) is 17.0 Å². The van der Waals surface area contributed by atoms with Gasteiger partial charge in [-0.2, -0.15) is 0 Å². The number of sulfonamides is 1. The number of allylic oxidation sites excluding steroid dienone is 1. The second-order valence-corrected chi connectivity index (χ2v) is 15.7. The lowest BCUT2D eigenvalue weighted by Gasteiger charge is -2.39. The van der Waals surface area contributed by atoms with Gasteiger partial charge in [0.2, 0.25) is 17.7 Å². The van der Waals surface area contributed by atoms with Crippen LogP contribution in [0.1, 0.15) is 66.5 Å². The van der Waals surface area contributed by atoms with Gasteiger partial charge in [-0.15, -0.1) is 0 Å². The quantitative estimate of drug-likeness (QED) is 0.220. The summed E-state index contributed by atoms with van der Waals surface area (Å²) in [5.41, 5.74) is 0.870. The molecule has 3 amide bonds. The van der Waals surface area contributed by atoms with Gasteiger partial charge in [-0.3, -0.25) is 14.4 Å². The summed E-state index contributed by atoms with van der Waals surface area (Å²) in [4.78, 5) is 42.5. The van der Waals surface area contributed by atoms with Crippen molar-refractivity contribution in [3.8, 4) is 5.75 Å². The highest BCUT2D eigenvalue weighted by molar-refractivity contribution is 7.90. The summed E-state index contributed by atoms with van der Waals surface area (Å²) in [5.74, 6) is -1.99. The van der Waals surface area contributed by atoms with Crippen LogP contribution in [0.4, 0.5) is 0 Å². The first-order valence-electron chi connectivity index (χ1n) is 16.1. The number of aliphatic hydroxyl groups is 1. The van der Waals surface area contributed by atoms with Crippen LogP contribution in [0.5, 0.6) is 5.75 Å². The van der Waals surface area contributed by atoms with E-state index < -0.39 is 44.8 Å². The zero-order chi connectivity index (χ0) is 36.6. The number of hydrogen-bond donors (Lipinski definition) is 4. The predicted octanol–water partition coefficient (Wildman–Crippen LogP) is 3.90. The van der Waals surface area contributed by atoms with Gasteiger partial charge >= 0.3 is 0 Å². The van der Waals surface area contributed by atoms with Crippen molar-refractivity contribution in [2.24, 2.45) is 17.3 Å². The molecule has 266 valence electrons. The molecule has 48 heavy (non-hydrogen) atoms. The van der Waals surface area contributed by atoms with E-state index in [1.54, 1.807) is 51.4 Å². The fourth-order valence-electron chi connectivity index (χ4n) is 5.35. The molecular weight excluding hydrogens is 632 g/mol. The molecule has 0 radical (unpaired) electrons. The second-order valence-electron chi connectivity index (χ2n) is 14.1. The number of nitrogens with one attached hydrogen (secondary N) is 3. The lowest BCUT2D eigenvalue weighted by molar-refractivity contribution is -0.138. The fraction of sp³-hybridized carbons (Fsp3) is 0.528. The number of aryl methyl sites for hydroxylation is 1. The molecule has 2 aromatic carbocycles. The minimum absolute atomic E-state index is 0.0232. The molecular formula is C36H54N4O7S. The Morgan fingerprint density at radius 3 is 1.96 bits per heavy atom. The highest BCUT2D eigenvalue weighted by Gasteiger charge is 2.41. The van der Waals surface area contributed by atoms with Gasteiger partial charge in [0, 0.05) is 18.2 Å². The molecule has 11 nitrogen and oxygen atoms in total. The number of hydrogen-bond acceptors (Lipinski definition) is 8. The molecule has 0 saturated carbocycles. The molecule has 0 spiro atoms. The number of amides is 3. The Kier molecular flexibility index (Phi) is 14.0. The van der Waals surface area contributed by atoms with Gasteiger partial charge in [-0.25, -0.2) is 13.1 Å². The first-order valence-corrected chi connectivity index (χ1v) is 17.6. The SMILES string of the molecule is CNC(C(=O)NC(C(=O)N(C)/C(=C/C(C)C(=O)NS(=O)(=O)c1ccc(C)cc1)C(C)C)C(C)(C)C)C(C)(C)c1ccc(OCCO)cc1. The number of aliphatic hydroxyl groups excluding tert-OH is 1. The van der Waals surface area contributed by atoms with Crippen LogP contribution >= 0.6 is 0 Å². The number of nitrogens with zero attached hydrogens (tertiary/aromatic N) is 1. The van der Waals surface area contributed by atoms with Gasteiger partial charge in [-0.1, -0.05) is 84.4 Å². The van der Waals surface area contributed by atoms with Crippen molar-refractivity contribution < 1.29 is 32.6 Å². The third kappa shape index (κ3) is 10.4. The van der Waals surface area contributed by atoms with Crippen LogP contribution in [-0.2, 0) is 29.8 Å². The van der Waals surface area contributed by atoms with Gasteiger partial charge in [0.1, 0.15) is 18.4 Å². The number of rotatable bonds is 15. The Morgan fingerprint density at radius 2 is 1.48 bits per heavy atom. The molecule has 0 fully saturated rings. The molecule has 12 heteroatoms. The maximum atomic E-state index is 14.1. The molecule has 3 atom stereocenters. The number of ether oxygens (including phenoxy) is 1. The Hall–Kier alpha value is -3.74. The molecule has 2 rings (SSSR count). The smallest absolute Gasteiger partial charge is 0.264 e. The largest absolute Gasteiger partial charge is 0.491 e. The Balaban J connectivity index is 2.32. The first kappa shape index (κ1) is 40.4. The van der Waals surface area contributed by atoms with Gasteiger partial charge in [0.05, 0.1) is 23.5 Å². The first-order chi connectivity index (χ1) is 22.2. The summed E-state index contributed by atoms with van der Waals surface area (Å²) in [7, 11) is -0.807. The molecule has 0 aliphatic carbocycles. The Morgan fingerprint density at radius 1 is 0.917 bits per heavy atom. The van der Waals surface area contributed by atoms with E-state index in [-0.39, 0.29) is 35.8 Å². The maximum absolute atomic E-state index is 14.1. The fourth-order valence-corrected chi connectivity index (χ4v) is 6.41. The maximum Gasteiger partial charge on any atom is 0.264 e. The van der Waals surface area contributed by atoms with Crippen LogP contribution in [0.3, 0.4) is 0 Å². The van der Waals surface area contributed by atoms with Crippen molar-refractivity contribution in [2.45, 2.75) is 84.7 Å². The van der Waals surface area contributed by atoms with Gasteiger partial charge in [0.15, 0.2) is 0 Å². The molecule has 3 unspecified atom stereocenters. The molecule has 0 bridgehead atoms. The molecule has 0 aliphatic heterocycles. The van der Waals surface area contributed by atoms with Crippen LogP contribution in [0.15, 0.2) is 65.2 Å². The molecule has 0 saturated heterocycles. The molecule has 0 aromatic heterocycles.